The predicted octanol–water partition coefficient (Wildman–Crippen LogP) is 4.38. The van der Waals surface area contributed by atoms with E-state index in [4.69, 9.17) is 0 Å². The van der Waals surface area contributed by atoms with E-state index in [9.17, 15) is 0 Å². The molecule has 1 nitrogen and oxygen atoms in total. The molecule has 1 aromatic rings. The van der Waals surface area contributed by atoms with Crippen molar-refractivity contribution in [3.05, 3.63) is 30.1 Å². The fourth-order valence-electron chi connectivity index (χ4n) is 1.67. The van der Waals surface area contributed by atoms with Gasteiger partial charge in [0.05, 0.1) is 0 Å². The van der Waals surface area contributed by atoms with Gasteiger partial charge in [0, 0.05) is 22.6 Å². The van der Waals surface area contributed by atoms with Crippen LogP contribution in [0.15, 0.2) is 24.4 Å². The lowest BCUT2D eigenvalue weighted by molar-refractivity contribution is 0.316. The molecule has 15 heavy (non-hydrogen) atoms. The highest BCUT2D eigenvalue weighted by atomic mass is 79.9. The normalized spacial score (nSPS) is 16.1. The Labute approximate surface area is 101 Å². The van der Waals surface area contributed by atoms with E-state index < -0.39 is 0 Å². The summed E-state index contributed by atoms with van der Waals surface area (Å²) in [5.74, 6) is 0.446. The molecule has 0 aliphatic heterocycles. The number of nitrogens with zero attached hydrogens (tertiary/aromatic N) is 1. The second kappa shape index (κ2) is 5.11. The summed E-state index contributed by atoms with van der Waals surface area (Å²) >= 11 is 3.82. The molecule has 84 valence electrons. The molecule has 1 heterocycles. The van der Waals surface area contributed by atoms with Crippen molar-refractivity contribution in [2.45, 2.75) is 44.9 Å². The third-order valence-corrected chi connectivity index (χ3v) is 5.28. The van der Waals surface area contributed by atoms with Crippen LogP contribution in [0, 0.1) is 5.41 Å². The fourth-order valence-corrected chi connectivity index (χ4v) is 2.26. The second-order valence-corrected chi connectivity index (χ2v) is 5.77. The maximum absolute atomic E-state index is 4.42. The largest absolute Gasteiger partial charge is 0.261 e. The van der Waals surface area contributed by atoms with E-state index in [2.05, 4.69) is 60.7 Å². The Kier molecular flexibility index (Phi) is 4.32. The second-order valence-electron chi connectivity index (χ2n) is 4.79. The molecule has 2 atom stereocenters. The smallest absolute Gasteiger partial charge is 0.0443 e. The van der Waals surface area contributed by atoms with E-state index in [1.54, 1.807) is 0 Å². The van der Waals surface area contributed by atoms with Crippen LogP contribution >= 0.6 is 15.9 Å². The molecular weight excluding hydrogens is 250 g/mol. The molecule has 0 saturated heterocycles. The Hall–Kier alpha value is -0.370. The van der Waals surface area contributed by atoms with E-state index in [0.29, 0.717) is 16.2 Å². The maximum atomic E-state index is 4.42. The van der Waals surface area contributed by atoms with E-state index in [1.807, 2.05) is 12.3 Å². The lowest BCUT2D eigenvalue weighted by atomic mass is 9.80. The first-order valence-electron chi connectivity index (χ1n) is 5.54. The van der Waals surface area contributed by atoms with Gasteiger partial charge in [0.25, 0.3) is 0 Å². The minimum atomic E-state index is 0.303. The van der Waals surface area contributed by atoms with Crippen molar-refractivity contribution in [1.82, 2.24) is 4.98 Å². The Bertz CT molecular complexity index is 295. The summed E-state index contributed by atoms with van der Waals surface area (Å²) in [6.45, 7) is 9.07. The van der Waals surface area contributed by atoms with E-state index >= 15 is 0 Å². The summed E-state index contributed by atoms with van der Waals surface area (Å²) in [6.07, 6.45) is 3.03. The summed E-state index contributed by atoms with van der Waals surface area (Å²) in [4.78, 5) is 4.88. The van der Waals surface area contributed by atoms with Crippen LogP contribution in [0.1, 0.15) is 45.7 Å². The molecule has 0 amide bonds. The molecule has 0 bridgehead atoms. The highest BCUT2D eigenvalue weighted by Gasteiger charge is 2.31. The van der Waals surface area contributed by atoms with Gasteiger partial charge in [-0.05, 0) is 24.0 Å². The summed E-state index contributed by atoms with van der Waals surface area (Å²) < 4.78 is 0. The average Bonchev–Trinajstić information content (AvgIpc) is 2.28. The molecule has 1 rings (SSSR count). The topological polar surface area (TPSA) is 12.9 Å². The molecule has 0 N–H and O–H groups in total. The van der Waals surface area contributed by atoms with Gasteiger partial charge in [-0.1, -0.05) is 49.7 Å². The third kappa shape index (κ3) is 3.04. The summed E-state index contributed by atoms with van der Waals surface area (Å²) in [7, 11) is 0. The number of halogens is 1. The van der Waals surface area contributed by atoms with Crippen LogP contribution in [0.3, 0.4) is 0 Å². The molecule has 0 aromatic carbocycles. The van der Waals surface area contributed by atoms with Crippen molar-refractivity contribution in [3.63, 3.8) is 0 Å². The molecule has 2 heteroatoms. The third-order valence-electron chi connectivity index (χ3n) is 3.25. The lowest BCUT2D eigenvalue weighted by Crippen LogP contribution is -2.28. The van der Waals surface area contributed by atoms with Gasteiger partial charge in [-0.15, -0.1) is 0 Å². The van der Waals surface area contributed by atoms with Gasteiger partial charge in [-0.2, -0.15) is 0 Å². The first-order valence-corrected chi connectivity index (χ1v) is 6.45. The maximum Gasteiger partial charge on any atom is 0.0443 e. The first kappa shape index (κ1) is 12.7. The molecule has 0 aliphatic rings. The average molecular weight is 270 g/mol. The van der Waals surface area contributed by atoms with Crippen molar-refractivity contribution in [3.8, 4) is 0 Å². The van der Waals surface area contributed by atoms with Crippen molar-refractivity contribution >= 4 is 15.9 Å². The molecule has 0 spiro atoms. The monoisotopic (exact) mass is 269 g/mol. The Morgan fingerprint density at radius 2 is 2.07 bits per heavy atom. The van der Waals surface area contributed by atoms with Crippen molar-refractivity contribution < 1.29 is 0 Å². The number of hydrogen-bond donors (Lipinski definition) is 0. The number of hydrogen-bond acceptors (Lipinski definition) is 1. The van der Waals surface area contributed by atoms with E-state index in [0.717, 1.165) is 0 Å². The number of rotatable bonds is 4. The molecule has 0 fully saturated rings. The van der Waals surface area contributed by atoms with Crippen molar-refractivity contribution in [2.24, 2.45) is 5.41 Å². The van der Waals surface area contributed by atoms with Crippen molar-refractivity contribution in [2.75, 3.05) is 0 Å². The molecular formula is C13H20BrN. The van der Waals surface area contributed by atoms with Gasteiger partial charge in [0.2, 0.25) is 0 Å². The van der Waals surface area contributed by atoms with Crippen LogP contribution in [-0.4, -0.2) is 9.81 Å². The van der Waals surface area contributed by atoms with Gasteiger partial charge >= 0.3 is 0 Å². The number of pyridine rings is 1. The molecule has 0 radical (unpaired) electrons. The van der Waals surface area contributed by atoms with Gasteiger partial charge in [0.1, 0.15) is 0 Å². The lowest BCUT2D eigenvalue weighted by Gasteiger charge is -2.33. The van der Waals surface area contributed by atoms with Gasteiger partial charge < -0.3 is 0 Å². The minimum Gasteiger partial charge on any atom is -0.261 e. The molecule has 1 aromatic heterocycles. The zero-order valence-corrected chi connectivity index (χ0v) is 11.6. The quantitative estimate of drug-likeness (QED) is 0.740. The van der Waals surface area contributed by atoms with Gasteiger partial charge in [-0.3, -0.25) is 4.98 Å². The van der Waals surface area contributed by atoms with Crippen LogP contribution in [-0.2, 0) is 0 Å². The Morgan fingerprint density at radius 3 is 2.53 bits per heavy atom. The molecule has 0 aliphatic carbocycles. The minimum absolute atomic E-state index is 0.303. The van der Waals surface area contributed by atoms with Crippen LogP contribution in [0.25, 0.3) is 0 Å². The SMILES string of the molecule is CCC(C)(C)C(Br)C(C)c1ccccn1. The highest BCUT2D eigenvalue weighted by Crippen LogP contribution is 2.39. The van der Waals surface area contributed by atoms with Gasteiger partial charge in [0.15, 0.2) is 0 Å². The first-order chi connectivity index (χ1) is 6.99. The van der Waals surface area contributed by atoms with Crippen molar-refractivity contribution in [1.29, 1.82) is 0 Å². The molecule has 0 saturated carbocycles. The summed E-state index contributed by atoms with van der Waals surface area (Å²) in [5, 5.41) is 0. The van der Waals surface area contributed by atoms with Crippen LogP contribution in [0.4, 0.5) is 0 Å². The van der Waals surface area contributed by atoms with Gasteiger partial charge in [-0.25, -0.2) is 0 Å². The van der Waals surface area contributed by atoms with Crippen LogP contribution < -0.4 is 0 Å². The zero-order valence-electron chi connectivity index (χ0n) is 10.00. The summed E-state index contributed by atoms with van der Waals surface area (Å²) in [6, 6.07) is 6.12. The fraction of sp³-hybridized carbons (Fsp3) is 0.615. The number of alkyl halides is 1. The Morgan fingerprint density at radius 1 is 1.40 bits per heavy atom. The zero-order chi connectivity index (χ0) is 11.5. The summed E-state index contributed by atoms with van der Waals surface area (Å²) in [5.41, 5.74) is 1.47. The highest BCUT2D eigenvalue weighted by molar-refractivity contribution is 9.09. The number of aromatic nitrogens is 1. The van der Waals surface area contributed by atoms with Crippen LogP contribution in [0.5, 0.6) is 0 Å². The standard InChI is InChI=1S/C13H20BrN/c1-5-13(3,4)12(14)10(2)11-8-6-7-9-15-11/h6-10,12H,5H2,1-4H3. The van der Waals surface area contributed by atoms with E-state index in [1.165, 1.54) is 12.1 Å². The van der Waals surface area contributed by atoms with E-state index in [-0.39, 0.29) is 0 Å². The molecule has 2 unspecified atom stereocenters. The van der Waals surface area contributed by atoms with Crippen LogP contribution in [0.2, 0.25) is 0 Å². The Balaban J connectivity index is 2.82. The predicted molar refractivity (Wildman–Crippen MR) is 69.4 cm³/mol.